The summed E-state index contributed by atoms with van der Waals surface area (Å²) in [4.78, 5) is 11.1. The van der Waals surface area contributed by atoms with Crippen LogP contribution in [0.1, 0.15) is 56.7 Å². The van der Waals surface area contributed by atoms with Gasteiger partial charge in [-0.2, -0.15) is 0 Å². The Morgan fingerprint density at radius 3 is 2.50 bits per heavy atom. The minimum atomic E-state index is -3.57. The van der Waals surface area contributed by atoms with Gasteiger partial charge in [-0.1, -0.05) is 6.07 Å². The lowest BCUT2D eigenvalue weighted by molar-refractivity contribution is 0.0770. The number of piperidine rings is 1. The lowest BCUT2D eigenvalue weighted by atomic mass is 9.92. The maximum absolute atomic E-state index is 12.7. The predicted octanol–water partition coefficient (Wildman–Crippen LogP) is 2.05. The summed E-state index contributed by atoms with van der Waals surface area (Å²) in [5.74, 6) is 0.507. The standard InChI is InChI=1S/C20H30N4O3S/c1-20(2)18(28(25,26)23-19(21-3)27-20)12-14-4-7-17(22-13-14)15-8-10-24(11-9-15)16-5-6-16/h4,7,13,15-16,18H,5-6,8-12H2,1-3H3,(H,21,23). The Balaban J connectivity index is 1.43. The zero-order valence-corrected chi connectivity index (χ0v) is 17.7. The van der Waals surface area contributed by atoms with Gasteiger partial charge in [0.15, 0.2) is 0 Å². The van der Waals surface area contributed by atoms with Crippen LogP contribution in [-0.4, -0.2) is 61.4 Å². The van der Waals surface area contributed by atoms with E-state index in [-0.39, 0.29) is 6.02 Å². The van der Waals surface area contributed by atoms with Crippen molar-refractivity contribution < 1.29 is 13.2 Å². The molecule has 0 spiro atoms. The summed E-state index contributed by atoms with van der Waals surface area (Å²) in [7, 11) is -2.06. The third kappa shape index (κ3) is 4.03. The molecule has 1 aromatic rings. The molecule has 1 atom stereocenters. The molecule has 28 heavy (non-hydrogen) atoms. The second-order valence-corrected chi connectivity index (χ2v) is 10.6. The minimum Gasteiger partial charge on any atom is -0.457 e. The Morgan fingerprint density at radius 2 is 1.96 bits per heavy atom. The molecular formula is C20H30N4O3S. The first kappa shape index (κ1) is 19.6. The highest BCUT2D eigenvalue weighted by atomic mass is 32.2. The fraction of sp³-hybridized carbons (Fsp3) is 0.700. The van der Waals surface area contributed by atoms with Crippen LogP contribution in [0.4, 0.5) is 0 Å². The number of likely N-dealkylation sites (tertiary alicyclic amines) is 1. The van der Waals surface area contributed by atoms with Crippen molar-refractivity contribution in [3.05, 3.63) is 29.6 Å². The molecule has 2 aliphatic heterocycles. The van der Waals surface area contributed by atoms with Gasteiger partial charge in [0, 0.05) is 30.9 Å². The number of pyridine rings is 1. The summed E-state index contributed by atoms with van der Waals surface area (Å²) >= 11 is 0. The number of ether oxygens (including phenoxy) is 1. The lowest BCUT2D eigenvalue weighted by Crippen LogP contribution is -2.59. The van der Waals surface area contributed by atoms with Gasteiger partial charge in [0.1, 0.15) is 10.9 Å². The van der Waals surface area contributed by atoms with Gasteiger partial charge in [0.05, 0.1) is 0 Å². The largest absolute Gasteiger partial charge is 0.457 e. The monoisotopic (exact) mass is 406 g/mol. The van der Waals surface area contributed by atoms with Crippen LogP contribution < -0.4 is 4.72 Å². The zero-order chi connectivity index (χ0) is 19.9. The van der Waals surface area contributed by atoms with E-state index in [9.17, 15) is 8.42 Å². The summed E-state index contributed by atoms with van der Waals surface area (Å²) in [6.45, 7) is 5.91. The van der Waals surface area contributed by atoms with E-state index in [1.807, 2.05) is 12.3 Å². The van der Waals surface area contributed by atoms with Crippen LogP contribution in [0.25, 0.3) is 0 Å². The van der Waals surface area contributed by atoms with Gasteiger partial charge in [-0.25, -0.2) is 18.1 Å². The fourth-order valence-electron chi connectivity index (χ4n) is 4.36. The summed E-state index contributed by atoms with van der Waals surface area (Å²) < 4.78 is 33.5. The second-order valence-electron chi connectivity index (χ2n) is 8.71. The number of nitrogens with one attached hydrogen (secondary N) is 1. The van der Waals surface area contributed by atoms with Crippen molar-refractivity contribution in [2.45, 2.75) is 68.8 Å². The molecule has 0 amide bonds. The van der Waals surface area contributed by atoms with Crippen LogP contribution in [0, 0.1) is 0 Å². The number of rotatable bonds is 4. The maximum Gasteiger partial charge on any atom is 0.298 e. The van der Waals surface area contributed by atoms with Crippen LogP contribution in [0.3, 0.4) is 0 Å². The first-order valence-electron chi connectivity index (χ1n) is 10.1. The van der Waals surface area contributed by atoms with Crippen molar-refractivity contribution in [3.8, 4) is 0 Å². The molecule has 7 nitrogen and oxygen atoms in total. The van der Waals surface area contributed by atoms with Gasteiger partial charge in [-0.3, -0.25) is 4.98 Å². The van der Waals surface area contributed by atoms with E-state index < -0.39 is 20.9 Å². The Morgan fingerprint density at radius 1 is 1.25 bits per heavy atom. The first-order chi connectivity index (χ1) is 13.3. The highest BCUT2D eigenvalue weighted by molar-refractivity contribution is 7.90. The van der Waals surface area contributed by atoms with Gasteiger partial charge in [0.2, 0.25) is 10.0 Å². The summed E-state index contributed by atoms with van der Waals surface area (Å²) in [5, 5.41) is -0.708. The molecular weight excluding hydrogens is 376 g/mol. The molecule has 3 heterocycles. The van der Waals surface area contributed by atoms with E-state index >= 15 is 0 Å². The maximum atomic E-state index is 12.7. The SMILES string of the molecule is CN=C1NS(=O)(=O)C(Cc2ccc(C3CCN(C4CC4)CC3)nc2)C(C)(C)O1. The molecule has 2 saturated heterocycles. The molecule has 1 saturated carbocycles. The molecule has 0 aromatic carbocycles. The Labute approximate surface area is 167 Å². The van der Waals surface area contributed by atoms with Crippen LogP contribution >= 0.6 is 0 Å². The summed E-state index contributed by atoms with van der Waals surface area (Å²) in [5.41, 5.74) is 1.16. The number of nitrogens with zero attached hydrogens (tertiary/aromatic N) is 3. The van der Waals surface area contributed by atoms with Crippen molar-refractivity contribution in [2.24, 2.45) is 4.99 Å². The highest BCUT2D eigenvalue weighted by Gasteiger charge is 2.47. The molecule has 3 aliphatic rings. The number of aliphatic imine (C=N–C) groups is 1. The molecule has 3 fully saturated rings. The molecule has 8 heteroatoms. The number of sulfonamides is 1. The van der Waals surface area contributed by atoms with Gasteiger partial charge in [-0.15, -0.1) is 0 Å². The molecule has 4 rings (SSSR count). The van der Waals surface area contributed by atoms with Crippen molar-refractivity contribution >= 4 is 16.0 Å². The van der Waals surface area contributed by atoms with E-state index in [4.69, 9.17) is 4.74 Å². The molecule has 1 unspecified atom stereocenters. The predicted molar refractivity (Wildman–Crippen MR) is 109 cm³/mol. The van der Waals surface area contributed by atoms with Crippen LogP contribution in [0.2, 0.25) is 0 Å². The molecule has 1 N–H and O–H groups in total. The van der Waals surface area contributed by atoms with Gasteiger partial charge < -0.3 is 9.64 Å². The van der Waals surface area contributed by atoms with Crippen LogP contribution in [0.5, 0.6) is 0 Å². The molecule has 154 valence electrons. The van der Waals surface area contributed by atoms with E-state index in [0.717, 1.165) is 43.2 Å². The van der Waals surface area contributed by atoms with E-state index in [2.05, 4.69) is 25.7 Å². The highest BCUT2D eigenvalue weighted by Crippen LogP contribution is 2.34. The first-order valence-corrected chi connectivity index (χ1v) is 11.7. The minimum absolute atomic E-state index is 0.0484. The average molecular weight is 407 g/mol. The Hall–Kier alpha value is -1.67. The number of hydrogen-bond donors (Lipinski definition) is 1. The molecule has 0 bridgehead atoms. The third-order valence-electron chi connectivity index (χ3n) is 6.22. The normalized spacial score (nSPS) is 29.2. The quantitative estimate of drug-likeness (QED) is 0.827. The van der Waals surface area contributed by atoms with Gasteiger partial charge in [-0.05, 0) is 70.7 Å². The van der Waals surface area contributed by atoms with Crippen molar-refractivity contribution in [1.29, 1.82) is 0 Å². The van der Waals surface area contributed by atoms with Crippen LogP contribution in [0.15, 0.2) is 23.3 Å². The topological polar surface area (TPSA) is 83.9 Å². The number of amidine groups is 1. The lowest BCUT2D eigenvalue weighted by Gasteiger charge is -2.39. The summed E-state index contributed by atoms with van der Waals surface area (Å²) in [6.07, 6.45) is 7.22. The van der Waals surface area contributed by atoms with Crippen molar-refractivity contribution in [1.82, 2.24) is 14.6 Å². The summed E-state index contributed by atoms with van der Waals surface area (Å²) in [6, 6.07) is 4.98. The van der Waals surface area contributed by atoms with E-state index in [1.54, 1.807) is 13.8 Å². The smallest absolute Gasteiger partial charge is 0.298 e. The van der Waals surface area contributed by atoms with Gasteiger partial charge >= 0.3 is 0 Å². The number of hydrogen-bond acceptors (Lipinski definition) is 6. The van der Waals surface area contributed by atoms with Crippen molar-refractivity contribution in [2.75, 3.05) is 20.1 Å². The zero-order valence-electron chi connectivity index (χ0n) is 16.9. The van der Waals surface area contributed by atoms with Crippen molar-refractivity contribution in [3.63, 3.8) is 0 Å². The molecule has 1 aromatic heterocycles. The van der Waals surface area contributed by atoms with E-state index in [1.165, 1.54) is 19.9 Å². The molecule has 1 aliphatic carbocycles. The van der Waals surface area contributed by atoms with Crippen LogP contribution in [-0.2, 0) is 21.2 Å². The second kappa shape index (κ2) is 7.30. The average Bonchev–Trinajstić information content (AvgIpc) is 3.50. The third-order valence-corrected chi connectivity index (χ3v) is 8.16. The fourth-order valence-corrected chi connectivity index (χ4v) is 6.09. The van der Waals surface area contributed by atoms with Gasteiger partial charge in [0.25, 0.3) is 6.02 Å². The Bertz CT molecular complexity index is 839. The Kier molecular flexibility index (Phi) is 5.12. The molecule has 0 radical (unpaired) electrons. The number of aromatic nitrogens is 1. The van der Waals surface area contributed by atoms with E-state index in [0.29, 0.717) is 12.3 Å².